The van der Waals surface area contributed by atoms with Gasteiger partial charge in [0.25, 0.3) is 0 Å². The Morgan fingerprint density at radius 2 is 1.88 bits per heavy atom. The van der Waals surface area contributed by atoms with Crippen molar-refractivity contribution in [1.82, 2.24) is 20.2 Å². The van der Waals surface area contributed by atoms with E-state index < -0.39 is 0 Å². The summed E-state index contributed by atoms with van der Waals surface area (Å²) in [7, 11) is 0. The monoisotopic (exact) mass is 478 g/mol. The number of hydrogen-bond donors (Lipinski definition) is 2. The SMILES string of the molecule is CC(C)OC(=O)N1C[C@H](C)N(C(=O)C2CC2)C2CCC(C3CNN(CC4(CO)COC4)C3)CC21. The van der Waals surface area contributed by atoms with Gasteiger partial charge in [0.1, 0.15) is 0 Å². The van der Waals surface area contributed by atoms with Gasteiger partial charge in [-0.05, 0) is 64.7 Å². The van der Waals surface area contributed by atoms with Crippen molar-refractivity contribution >= 4 is 12.0 Å². The number of aliphatic hydroxyl groups is 1. The van der Waals surface area contributed by atoms with E-state index in [1.54, 1.807) is 0 Å². The van der Waals surface area contributed by atoms with Crippen molar-refractivity contribution in [2.75, 3.05) is 46.0 Å². The van der Waals surface area contributed by atoms with Gasteiger partial charge in [-0.1, -0.05) is 0 Å². The quantitative estimate of drug-likeness (QED) is 0.597. The highest BCUT2D eigenvalue weighted by atomic mass is 16.6. The standard InChI is InChI=1S/C25H42N4O5/c1-16(2)34-24(32)28-10-17(3)29(23(31)18-4-5-18)21-7-6-19(8-22(21)28)20-9-26-27(11-20)12-25(13-30)14-33-15-25/h16-22,26,30H,4-15H2,1-3H3/t17-,19?,20?,21?,22?/m0/s1. The summed E-state index contributed by atoms with van der Waals surface area (Å²) in [5.74, 6) is 1.47. The maximum absolute atomic E-state index is 13.2. The third-order valence-corrected chi connectivity index (χ3v) is 8.64. The van der Waals surface area contributed by atoms with Crippen LogP contribution in [0.25, 0.3) is 0 Å². The Morgan fingerprint density at radius 3 is 2.50 bits per heavy atom. The molecule has 2 amide bonds. The van der Waals surface area contributed by atoms with Crippen molar-refractivity contribution in [3.63, 3.8) is 0 Å². The van der Waals surface area contributed by atoms with Gasteiger partial charge in [0.2, 0.25) is 5.91 Å². The molecule has 0 aromatic heterocycles. The molecule has 2 aliphatic carbocycles. The fourth-order valence-corrected chi connectivity index (χ4v) is 6.61. The molecule has 3 saturated heterocycles. The fraction of sp³-hybridized carbons (Fsp3) is 0.920. The van der Waals surface area contributed by atoms with Crippen LogP contribution in [-0.4, -0.2) is 102 Å². The molecule has 5 fully saturated rings. The topological polar surface area (TPSA) is 94.6 Å². The summed E-state index contributed by atoms with van der Waals surface area (Å²) >= 11 is 0. The first-order valence-electron chi connectivity index (χ1n) is 13.3. The van der Waals surface area contributed by atoms with Gasteiger partial charge in [0.05, 0.1) is 43.4 Å². The number of hydrogen-bond acceptors (Lipinski definition) is 7. The molecule has 0 aromatic rings. The molecule has 4 unspecified atom stereocenters. The number of carbonyl (C=O) groups excluding carboxylic acids is 2. The van der Waals surface area contributed by atoms with Crippen LogP contribution in [0.4, 0.5) is 4.79 Å². The number of nitrogens with one attached hydrogen (secondary N) is 1. The smallest absolute Gasteiger partial charge is 0.410 e. The van der Waals surface area contributed by atoms with E-state index in [9.17, 15) is 14.7 Å². The van der Waals surface area contributed by atoms with Gasteiger partial charge in [-0.15, -0.1) is 0 Å². The van der Waals surface area contributed by atoms with Crippen molar-refractivity contribution in [2.45, 2.75) is 77.1 Å². The first kappa shape index (κ1) is 24.3. The lowest BCUT2D eigenvalue weighted by molar-refractivity contribution is -0.150. The van der Waals surface area contributed by atoms with Gasteiger partial charge in [-0.25, -0.2) is 9.80 Å². The van der Waals surface area contributed by atoms with Crippen LogP contribution >= 0.6 is 0 Å². The third kappa shape index (κ3) is 4.68. The zero-order valence-corrected chi connectivity index (χ0v) is 20.9. The predicted molar refractivity (Wildman–Crippen MR) is 126 cm³/mol. The molecule has 5 rings (SSSR count). The van der Waals surface area contributed by atoms with E-state index in [2.05, 4.69) is 22.3 Å². The number of ether oxygens (including phenoxy) is 2. The Hall–Kier alpha value is -1.42. The summed E-state index contributed by atoms with van der Waals surface area (Å²) in [6.45, 7) is 10.5. The van der Waals surface area contributed by atoms with Crippen LogP contribution in [0.3, 0.4) is 0 Å². The Balaban J connectivity index is 1.28. The largest absolute Gasteiger partial charge is 0.447 e. The zero-order chi connectivity index (χ0) is 24.0. The molecule has 2 saturated carbocycles. The lowest BCUT2D eigenvalue weighted by atomic mass is 9.73. The number of fused-ring (bicyclic) bond motifs is 1. The van der Waals surface area contributed by atoms with E-state index >= 15 is 0 Å². The van der Waals surface area contributed by atoms with Gasteiger partial charge in [-0.3, -0.25) is 10.2 Å². The van der Waals surface area contributed by atoms with E-state index in [0.717, 1.165) is 51.7 Å². The summed E-state index contributed by atoms with van der Waals surface area (Å²) < 4.78 is 11.0. The van der Waals surface area contributed by atoms with Gasteiger partial charge in [-0.2, -0.15) is 0 Å². The second kappa shape index (κ2) is 9.56. The zero-order valence-electron chi connectivity index (χ0n) is 20.9. The molecule has 192 valence electrons. The molecule has 5 atom stereocenters. The maximum atomic E-state index is 13.2. The van der Waals surface area contributed by atoms with E-state index in [0.29, 0.717) is 37.5 Å². The fourth-order valence-electron chi connectivity index (χ4n) is 6.61. The molecule has 2 N–H and O–H groups in total. The molecule has 5 aliphatic rings. The summed E-state index contributed by atoms with van der Waals surface area (Å²) in [6, 6.07) is 0.124. The predicted octanol–water partition coefficient (Wildman–Crippen LogP) is 1.46. The van der Waals surface area contributed by atoms with Crippen LogP contribution in [0.2, 0.25) is 0 Å². The van der Waals surface area contributed by atoms with Crippen molar-refractivity contribution in [1.29, 1.82) is 0 Å². The maximum Gasteiger partial charge on any atom is 0.410 e. The normalized spacial score (nSPS) is 35.7. The molecular weight excluding hydrogens is 436 g/mol. The summed E-state index contributed by atoms with van der Waals surface area (Å²) in [5.41, 5.74) is 3.41. The molecule has 9 nitrogen and oxygen atoms in total. The molecule has 0 spiro atoms. The first-order valence-corrected chi connectivity index (χ1v) is 13.3. The number of rotatable bonds is 6. The number of amides is 2. The minimum atomic E-state index is -0.239. The molecule has 3 aliphatic heterocycles. The van der Waals surface area contributed by atoms with Crippen molar-refractivity contribution in [3.05, 3.63) is 0 Å². The highest BCUT2D eigenvalue weighted by Gasteiger charge is 2.51. The Kier molecular flexibility index (Phi) is 6.83. The molecule has 3 heterocycles. The summed E-state index contributed by atoms with van der Waals surface area (Å²) in [6.07, 6.45) is 4.54. The van der Waals surface area contributed by atoms with Crippen LogP contribution < -0.4 is 5.43 Å². The van der Waals surface area contributed by atoms with Crippen LogP contribution in [0.5, 0.6) is 0 Å². The molecule has 0 bridgehead atoms. The van der Waals surface area contributed by atoms with Gasteiger partial charge >= 0.3 is 6.09 Å². The Labute approximate surface area is 203 Å². The summed E-state index contributed by atoms with van der Waals surface area (Å²) in [4.78, 5) is 30.4. The van der Waals surface area contributed by atoms with E-state index in [-0.39, 0.29) is 48.3 Å². The van der Waals surface area contributed by atoms with Crippen molar-refractivity contribution < 1.29 is 24.2 Å². The molecule has 9 heteroatoms. The van der Waals surface area contributed by atoms with Crippen LogP contribution in [0.15, 0.2) is 0 Å². The van der Waals surface area contributed by atoms with Crippen LogP contribution in [-0.2, 0) is 14.3 Å². The minimum Gasteiger partial charge on any atom is -0.447 e. The van der Waals surface area contributed by atoms with Crippen LogP contribution in [0.1, 0.15) is 52.9 Å². The highest BCUT2D eigenvalue weighted by Crippen LogP contribution is 2.42. The minimum absolute atomic E-state index is 0.0155. The first-order chi connectivity index (χ1) is 16.3. The number of aliphatic hydroxyl groups excluding tert-OH is 1. The average molecular weight is 479 g/mol. The molecule has 0 aromatic carbocycles. The second-order valence-electron chi connectivity index (χ2n) is 11.8. The average Bonchev–Trinajstić information content (AvgIpc) is 3.53. The Morgan fingerprint density at radius 1 is 1.12 bits per heavy atom. The van der Waals surface area contributed by atoms with Gasteiger partial charge in [0.15, 0.2) is 0 Å². The second-order valence-corrected chi connectivity index (χ2v) is 11.8. The number of hydrazine groups is 1. The molecule has 0 radical (unpaired) electrons. The number of carbonyl (C=O) groups is 2. The lowest BCUT2D eigenvalue weighted by Gasteiger charge is -2.54. The third-order valence-electron chi connectivity index (χ3n) is 8.64. The number of piperazine rings is 1. The Bertz CT molecular complexity index is 765. The van der Waals surface area contributed by atoms with Crippen molar-refractivity contribution in [3.8, 4) is 0 Å². The van der Waals surface area contributed by atoms with E-state index in [4.69, 9.17) is 9.47 Å². The lowest BCUT2D eigenvalue weighted by Crippen LogP contribution is -2.67. The molecular formula is C25H42N4O5. The highest BCUT2D eigenvalue weighted by molar-refractivity contribution is 5.82. The number of nitrogens with zero attached hydrogens (tertiary/aromatic N) is 3. The van der Waals surface area contributed by atoms with E-state index in [1.165, 1.54) is 0 Å². The van der Waals surface area contributed by atoms with Gasteiger partial charge in [0, 0.05) is 38.1 Å². The van der Waals surface area contributed by atoms with Gasteiger partial charge < -0.3 is 24.4 Å². The molecule has 34 heavy (non-hydrogen) atoms. The summed E-state index contributed by atoms with van der Waals surface area (Å²) in [5, 5.41) is 12.1. The van der Waals surface area contributed by atoms with E-state index in [1.807, 2.05) is 18.7 Å². The van der Waals surface area contributed by atoms with Crippen LogP contribution in [0, 0.1) is 23.2 Å². The van der Waals surface area contributed by atoms with Crippen molar-refractivity contribution in [2.24, 2.45) is 23.2 Å².